The number of carbonyl (C=O) groups excluding carboxylic acids is 1. The molecule has 1 aliphatic heterocycles. The van der Waals surface area contributed by atoms with Crippen molar-refractivity contribution in [3.8, 4) is 5.75 Å². The van der Waals surface area contributed by atoms with Crippen LogP contribution >= 0.6 is 0 Å². The SMILES string of the molecule is COC(=O)c1ccc2c(CCCCN3CCN(c4cc5ccc(=O)oc5cc4OC)CC3)c[nH]c2c1. The van der Waals surface area contributed by atoms with E-state index in [9.17, 15) is 9.59 Å². The molecule has 5 rings (SSSR count). The molecule has 0 saturated carbocycles. The van der Waals surface area contributed by atoms with Gasteiger partial charge in [-0.15, -0.1) is 0 Å². The Morgan fingerprint density at radius 3 is 2.64 bits per heavy atom. The monoisotopic (exact) mass is 489 g/mol. The molecule has 0 radical (unpaired) electrons. The first-order chi connectivity index (χ1) is 17.6. The number of methoxy groups -OCH3 is 2. The Bertz CT molecular complexity index is 1430. The van der Waals surface area contributed by atoms with Crippen LogP contribution in [0.3, 0.4) is 0 Å². The fraction of sp³-hybridized carbons (Fsp3) is 0.357. The summed E-state index contributed by atoms with van der Waals surface area (Å²) in [6, 6.07) is 12.8. The lowest BCUT2D eigenvalue weighted by molar-refractivity contribution is 0.0601. The van der Waals surface area contributed by atoms with E-state index in [1.807, 2.05) is 30.5 Å². The van der Waals surface area contributed by atoms with Crippen LogP contribution in [0.4, 0.5) is 5.69 Å². The van der Waals surface area contributed by atoms with Crippen molar-refractivity contribution in [1.29, 1.82) is 0 Å². The molecule has 188 valence electrons. The molecule has 2 aromatic heterocycles. The summed E-state index contributed by atoms with van der Waals surface area (Å²) in [4.78, 5) is 31.4. The number of piperazine rings is 1. The summed E-state index contributed by atoms with van der Waals surface area (Å²) in [7, 11) is 3.04. The van der Waals surface area contributed by atoms with Gasteiger partial charge < -0.3 is 23.8 Å². The fourth-order valence-corrected chi connectivity index (χ4v) is 5.00. The van der Waals surface area contributed by atoms with Gasteiger partial charge in [0, 0.05) is 60.8 Å². The molecular weight excluding hydrogens is 458 g/mol. The van der Waals surface area contributed by atoms with Crippen molar-refractivity contribution in [3.05, 3.63) is 70.2 Å². The van der Waals surface area contributed by atoms with E-state index in [2.05, 4.69) is 14.8 Å². The van der Waals surface area contributed by atoms with Crippen LogP contribution in [0.25, 0.3) is 21.9 Å². The third-order valence-corrected chi connectivity index (χ3v) is 6.99. The minimum atomic E-state index is -0.358. The molecule has 1 N–H and O–H groups in total. The van der Waals surface area contributed by atoms with E-state index in [0.29, 0.717) is 11.1 Å². The van der Waals surface area contributed by atoms with Gasteiger partial charge in [-0.3, -0.25) is 4.90 Å². The maximum absolute atomic E-state index is 11.8. The minimum Gasteiger partial charge on any atom is -0.494 e. The Hall–Kier alpha value is -3.78. The maximum Gasteiger partial charge on any atom is 0.337 e. The summed E-state index contributed by atoms with van der Waals surface area (Å²) >= 11 is 0. The lowest BCUT2D eigenvalue weighted by atomic mass is 10.1. The number of hydrogen-bond donors (Lipinski definition) is 1. The van der Waals surface area contributed by atoms with Crippen molar-refractivity contribution in [2.24, 2.45) is 0 Å². The summed E-state index contributed by atoms with van der Waals surface area (Å²) < 4.78 is 15.7. The number of aryl methyl sites for hydroxylation is 1. The normalized spacial score (nSPS) is 14.4. The van der Waals surface area contributed by atoms with Crippen LogP contribution in [-0.4, -0.2) is 62.8 Å². The third-order valence-electron chi connectivity index (χ3n) is 6.99. The Morgan fingerprint density at radius 2 is 1.86 bits per heavy atom. The van der Waals surface area contributed by atoms with Crippen molar-refractivity contribution in [2.75, 3.05) is 51.8 Å². The topological polar surface area (TPSA) is 88.0 Å². The van der Waals surface area contributed by atoms with E-state index in [1.54, 1.807) is 19.2 Å². The molecule has 3 heterocycles. The van der Waals surface area contributed by atoms with Crippen molar-refractivity contribution in [2.45, 2.75) is 19.3 Å². The number of rotatable bonds is 8. The van der Waals surface area contributed by atoms with Gasteiger partial charge in [-0.1, -0.05) is 6.07 Å². The average Bonchev–Trinajstić information content (AvgIpc) is 3.32. The van der Waals surface area contributed by atoms with Gasteiger partial charge in [0.15, 0.2) is 0 Å². The first-order valence-corrected chi connectivity index (χ1v) is 12.3. The van der Waals surface area contributed by atoms with Gasteiger partial charge >= 0.3 is 11.6 Å². The molecule has 36 heavy (non-hydrogen) atoms. The number of esters is 1. The van der Waals surface area contributed by atoms with E-state index in [1.165, 1.54) is 24.1 Å². The predicted octanol–water partition coefficient (Wildman–Crippen LogP) is 4.21. The zero-order valence-electron chi connectivity index (χ0n) is 20.7. The highest BCUT2D eigenvalue weighted by Gasteiger charge is 2.20. The highest BCUT2D eigenvalue weighted by molar-refractivity contribution is 5.95. The van der Waals surface area contributed by atoms with E-state index < -0.39 is 0 Å². The smallest absolute Gasteiger partial charge is 0.337 e. The second-order valence-electron chi connectivity index (χ2n) is 9.17. The number of aromatic amines is 1. The highest BCUT2D eigenvalue weighted by atomic mass is 16.5. The van der Waals surface area contributed by atoms with E-state index in [-0.39, 0.29) is 11.6 Å². The molecule has 8 heteroatoms. The molecule has 0 amide bonds. The van der Waals surface area contributed by atoms with Crippen molar-refractivity contribution < 1.29 is 18.7 Å². The summed E-state index contributed by atoms with van der Waals surface area (Å²) in [5, 5.41) is 2.06. The Morgan fingerprint density at radius 1 is 1.03 bits per heavy atom. The van der Waals surface area contributed by atoms with Gasteiger partial charge in [-0.05, 0) is 55.6 Å². The predicted molar refractivity (Wildman–Crippen MR) is 140 cm³/mol. The zero-order chi connectivity index (χ0) is 25.1. The molecular formula is C28H31N3O5. The average molecular weight is 490 g/mol. The number of hydrogen-bond acceptors (Lipinski definition) is 7. The maximum atomic E-state index is 11.8. The quantitative estimate of drug-likeness (QED) is 0.225. The summed E-state index contributed by atoms with van der Waals surface area (Å²) in [5.74, 6) is 0.406. The van der Waals surface area contributed by atoms with Crippen LogP contribution in [0.5, 0.6) is 5.75 Å². The van der Waals surface area contributed by atoms with Gasteiger partial charge in [-0.2, -0.15) is 0 Å². The number of benzene rings is 2. The van der Waals surface area contributed by atoms with Gasteiger partial charge in [0.1, 0.15) is 11.3 Å². The number of unbranched alkanes of at least 4 members (excludes halogenated alkanes) is 1. The van der Waals surface area contributed by atoms with Crippen molar-refractivity contribution >= 4 is 33.5 Å². The van der Waals surface area contributed by atoms with Crippen LogP contribution in [0.15, 0.2) is 57.9 Å². The number of ether oxygens (including phenoxy) is 2. The molecule has 8 nitrogen and oxygen atoms in total. The Kier molecular flexibility index (Phi) is 6.95. The Balaban J connectivity index is 1.13. The Labute approximate surface area is 209 Å². The lowest BCUT2D eigenvalue weighted by Gasteiger charge is -2.36. The third kappa shape index (κ3) is 4.95. The molecule has 4 aromatic rings. The second kappa shape index (κ2) is 10.5. The first kappa shape index (κ1) is 23.9. The lowest BCUT2D eigenvalue weighted by Crippen LogP contribution is -2.46. The van der Waals surface area contributed by atoms with Gasteiger partial charge in [0.2, 0.25) is 0 Å². The zero-order valence-corrected chi connectivity index (χ0v) is 20.7. The molecule has 0 aliphatic carbocycles. The van der Waals surface area contributed by atoms with E-state index >= 15 is 0 Å². The number of nitrogens with zero attached hydrogens (tertiary/aromatic N) is 2. The van der Waals surface area contributed by atoms with Crippen molar-refractivity contribution in [1.82, 2.24) is 9.88 Å². The molecule has 0 unspecified atom stereocenters. The standard InChI is InChI=1S/C28H31N3O5/c1-34-26-17-25-19(7-9-27(32)36-25)16-24(26)31-13-11-30(12-14-31)10-4-3-5-21-18-29-23-15-20(28(33)35-2)6-8-22(21)23/h6-9,15-18,29H,3-5,10-14H2,1-2H3. The molecule has 1 aliphatic rings. The number of H-pyrrole nitrogens is 1. The minimum absolute atomic E-state index is 0.319. The summed E-state index contributed by atoms with van der Waals surface area (Å²) in [5.41, 5.74) is 4.03. The molecule has 0 spiro atoms. The van der Waals surface area contributed by atoms with Crippen LogP contribution in [-0.2, 0) is 11.2 Å². The van der Waals surface area contributed by atoms with Gasteiger partial charge in [0.25, 0.3) is 0 Å². The fourth-order valence-electron chi connectivity index (χ4n) is 5.00. The first-order valence-electron chi connectivity index (χ1n) is 12.3. The van der Waals surface area contributed by atoms with Crippen LogP contribution in [0.2, 0.25) is 0 Å². The largest absolute Gasteiger partial charge is 0.494 e. The highest BCUT2D eigenvalue weighted by Crippen LogP contribution is 2.33. The van der Waals surface area contributed by atoms with Crippen LogP contribution in [0.1, 0.15) is 28.8 Å². The van der Waals surface area contributed by atoms with Crippen LogP contribution < -0.4 is 15.3 Å². The molecule has 2 aromatic carbocycles. The number of aromatic nitrogens is 1. The number of anilines is 1. The van der Waals surface area contributed by atoms with Gasteiger partial charge in [0.05, 0.1) is 25.5 Å². The summed E-state index contributed by atoms with van der Waals surface area (Å²) in [6.45, 7) is 4.90. The number of carbonyl (C=O) groups is 1. The van der Waals surface area contributed by atoms with Crippen molar-refractivity contribution in [3.63, 3.8) is 0 Å². The van der Waals surface area contributed by atoms with E-state index in [4.69, 9.17) is 13.9 Å². The van der Waals surface area contributed by atoms with E-state index in [0.717, 1.165) is 74.3 Å². The van der Waals surface area contributed by atoms with Crippen LogP contribution in [0, 0.1) is 0 Å². The summed E-state index contributed by atoms with van der Waals surface area (Å²) in [6.07, 6.45) is 5.29. The molecule has 1 saturated heterocycles. The molecule has 0 bridgehead atoms. The second-order valence-corrected chi connectivity index (χ2v) is 9.17. The van der Waals surface area contributed by atoms with Gasteiger partial charge in [-0.25, -0.2) is 9.59 Å². The molecule has 1 fully saturated rings. The number of nitrogens with one attached hydrogen (secondary N) is 1. The number of fused-ring (bicyclic) bond motifs is 2. The molecule has 0 atom stereocenters.